The first-order valence-electron chi connectivity index (χ1n) is 6.29. The summed E-state index contributed by atoms with van der Waals surface area (Å²) in [6.45, 7) is 2.04. The highest BCUT2D eigenvalue weighted by molar-refractivity contribution is 9.10. The van der Waals surface area contributed by atoms with Gasteiger partial charge in [-0.2, -0.15) is 0 Å². The second kappa shape index (κ2) is 7.03. The molecule has 1 unspecified atom stereocenters. The molecule has 0 aliphatic carbocycles. The third-order valence-corrected chi connectivity index (χ3v) is 4.76. The monoisotopic (exact) mass is 432 g/mol. The number of benzene rings is 2. The SMILES string of the molecule is COc1cc(Br)c(C(Cl)c2cc(C)cc(Br)c2)cc1OC. The summed E-state index contributed by atoms with van der Waals surface area (Å²) in [6, 6.07) is 9.92. The van der Waals surface area contributed by atoms with Crippen LogP contribution >= 0.6 is 43.5 Å². The van der Waals surface area contributed by atoms with Gasteiger partial charge in [-0.25, -0.2) is 0 Å². The van der Waals surface area contributed by atoms with Gasteiger partial charge < -0.3 is 9.47 Å². The van der Waals surface area contributed by atoms with Crippen LogP contribution in [0, 0.1) is 6.92 Å². The average Bonchev–Trinajstić information content (AvgIpc) is 2.45. The maximum Gasteiger partial charge on any atom is 0.161 e. The number of aryl methyl sites for hydroxylation is 1. The predicted octanol–water partition coefficient (Wildman–Crippen LogP) is 5.87. The van der Waals surface area contributed by atoms with Gasteiger partial charge in [0.1, 0.15) is 0 Å². The molecule has 2 aromatic rings. The van der Waals surface area contributed by atoms with Crippen LogP contribution in [0.1, 0.15) is 22.1 Å². The number of halogens is 3. The lowest BCUT2D eigenvalue weighted by molar-refractivity contribution is 0.354. The zero-order valence-electron chi connectivity index (χ0n) is 11.9. The van der Waals surface area contributed by atoms with Crippen molar-refractivity contribution in [2.24, 2.45) is 0 Å². The van der Waals surface area contributed by atoms with E-state index >= 15 is 0 Å². The van der Waals surface area contributed by atoms with Gasteiger partial charge in [-0.1, -0.05) is 37.9 Å². The number of hydrogen-bond acceptors (Lipinski definition) is 2. The van der Waals surface area contributed by atoms with E-state index in [1.807, 2.05) is 25.1 Å². The third-order valence-electron chi connectivity index (χ3n) is 3.13. The molecule has 0 aliphatic heterocycles. The second-order valence-electron chi connectivity index (χ2n) is 4.65. The lowest BCUT2D eigenvalue weighted by Gasteiger charge is -2.17. The summed E-state index contributed by atoms with van der Waals surface area (Å²) in [4.78, 5) is 0. The Kier molecular flexibility index (Phi) is 5.58. The van der Waals surface area contributed by atoms with Gasteiger partial charge in [-0.05, 0) is 47.9 Å². The number of hydrogen-bond donors (Lipinski definition) is 0. The molecule has 0 saturated heterocycles. The van der Waals surface area contributed by atoms with Crippen molar-refractivity contribution in [2.75, 3.05) is 14.2 Å². The Morgan fingerprint density at radius 3 is 2.14 bits per heavy atom. The smallest absolute Gasteiger partial charge is 0.161 e. The van der Waals surface area contributed by atoms with Crippen molar-refractivity contribution in [3.8, 4) is 11.5 Å². The summed E-state index contributed by atoms with van der Waals surface area (Å²) < 4.78 is 12.5. The minimum Gasteiger partial charge on any atom is -0.493 e. The van der Waals surface area contributed by atoms with Crippen LogP contribution in [-0.2, 0) is 0 Å². The highest BCUT2D eigenvalue weighted by Crippen LogP contribution is 2.41. The Morgan fingerprint density at radius 2 is 1.57 bits per heavy atom. The van der Waals surface area contributed by atoms with Crippen LogP contribution in [0.25, 0.3) is 0 Å². The van der Waals surface area contributed by atoms with Crippen LogP contribution in [-0.4, -0.2) is 14.2 Å². The van der Waals surface area contributed by atoms with Crippen LogP contribution in [0.15, 0.2) is 39.3 Å². The molecule has 5 heteroatoms. The van der Waals surface area contributed by atoms with E-state index in [9.17, 15) is 0 Å². The fourth-order valence-electron chi connectivity index (χ4n) is 2.15. The van der Waals surface area contributed by atoms with Crippen LogP contribution in [0.3, 0.4) is 0 Å². The zero-order chi connectivity index (χ0) is 15.6. The van der Waals surface area contributed by atoms with E-state index in [1.165, 1.54) is 0 Å². The van der Waals surface area contributed by atoms with E-state index in [4.69, 9.17) is 21.1 Å². The Morgan fingerprint density at radius 1 is 0.952 bits per heavy atom. The quantitative estimate of drug-likeness (QED) is 0.561. The molecule has 0 fully saturated rings. The molecule has 0 aromatic heterocycles. The first-order chi connectivity index (χ1) is 9.96. The predicted molar refractivity (Wildman–Crippen MR) is 93.8 cm³/mol. The number of ether oxygens (including phenoxy) is 2. The van der Waals surface area contributed by atoms with Gasteiger partial charge in [-0.3, -0.25) is 0 Å². The molecule has 0 radical (unpaired) electrons. The molecule has 0 aliphatic rings. The van der Waals surface area contributed by atoms with Gasteiger partial charge in [0.2, 0.25) is 0 Å². The van der Waals surface area contributed by atoms with E-state index in [0.29, 0.717) is 11.5 Å². The molecule has 0 amide bonds. The molecule has 21 heavy (non-hydrogen) atoms. The highest BCUT2D eigenvalue weighted by Gasteiger charge is 2.18. The van der Waals surface area contributed by atoms with E-state index in [0.717, 1.165) is 25.6 Å². The van der Waals surface area contributed by atoms with Crippen LogP contribution in [0.5, 0.6) is 11.5 Å². The van der Waals surface area contributed by atoms with E-state index in [2.05, 4.69) is 44.0 Å². The Bertz CT molecular complexity index is 639. The maximum atomic E-state index is 6.66. The average molecular weight is 435 g/mol. The first kappa shape index (κ1) is 16.7. The molecule has 2 rings (SSSR count). The minimum absolute atomic E-state index is 0.282. The first-order valence-corrected chi connectivity index (χ1v) is 8.31. The van der Waals surface area contributed by atoms with Crippen LogP contribution < -0.4 is 9.47 Å². The Labute approximate surface area is 146 Å². The third kappa shape index (κ3) is 3.74. The van der Waals surface area contributed by atoms with E-state index in [1.54, 1.807) is 14.2 Å². The minimum atomic E-state index is -0.282. The standard InChI is InChI=1S/C16H15Br2ClO2/c1-9-4-10(6-11(17)5-9)16(19)12-7-14(20-2)15(21-3)8-13(12)18/h4-8,16H,1-3H3. The van der Waals surface area contributed by atoms with Crippen molar-refractivity contribution in [3.05, 3.63) is 56.0 Å². The Hall–Kier alpha value is -0.710. The maximum absolute atomic E-state index is 6.66. The van der Waals surface area contributed by atoms with Gasteiger partial charge in [0.25, 0.3) is 0 Å². The van der Waals surface area contributed by atoms with Crippen molar-refractivity contribution in [1.29, 1.82) is 0 Å². The molecule has 0 saturated carbocycles. The molecule has 112 valence electrons. The molecule has 0 bridgehead atoms. The Balaban J connectivity index is 2.49. The lowest BCUT2D eigenvalue weighted by Crippen LogP contribution is -1.99. The van der Waals surface area contributed by atoms with Gasteiger partial charge in [0, 0.05) is 8.95 Å². The fourth-order valence-corrected chi connectivity index (χ4v) is 3.77. The number of rotatable bonds is 4. The molecule has 0 spiro atoms. The van der Waals surface area contributed by atoms with Crippen molar-refractivity contribution in [1.82, 2.24) is 0 Å². The van der Waals surface area contributed by atoms with Crippen molar-refractivity contribution >= 4 is 43.5 Å². The summed E-state index contributed by atoms with van der Waals surface area (Å²) in [6.07, 6.45) is 0. The van der Waals surface area contributed by atoms with Gasteiger partial charge in [0.05, 0.1) is 19.6 Å². The van der Waals surface area contributed by atoms with Gasteiger partial charge in [0.15, 0.2) is 11.5 Å². The van der Waals surface area contributed by atoms with Crippen LogP contribution in [0.2, 0.25) is 0 Å². The molecule has 1 atom stereocenters. The van der Waals surface area contributed by atoms with E-state index in [-0.39, 0.29) is 5.38 Å². The largest absolute Gasteiger partial charge is 0.493 e. The van der Waals surface area contributed by atoms with Gasteiger partial charge >= 0.3 is 0 Å². The summed E-state index contributed by atoms with van der Waals surface area (Å²) >= 11 is 13.7. The van der Waals surface area contributed by atoms with Crippen molar-refractivity contribution in [2.45, 2.75) is 12.3 Å². The summed E-state index contributed by atoms with van der Waals surface area (Å²) in [5.74, 6) is 1.33. The summed E-state index contributed by atoms with van der Waals surface area (Å²) in [7, 11) is 3.22. The summed E-state index contributed by atoms with van der Waals surface area (Å²) in [5.41, 5.74) is 3.12. The molecular weight excluding hydrogens is 419 g/mol. The molecular formula is C16H15Br2ClO2. The topological polar surface area (TPSA) is 18.5 Å². The lowest BCUT2D eigenvalue weighted by atomic mass is 10.0. The second-order valence-corrected chi connectivity index (χ2v) is 6.86. The molecule has 2 aromatic carbocycles. The van der Waals surface area contributed by atoms with E-state index < -0.39 is 0 Å². The van der Waals surface area contributed by atoms with Gasteiger partial charge in [-0.15, -0.1) is 11.6 Å². The summed E-state index contributed by atoms with van der Waals surface area (Å²) in [5, 5.41) is -0.282. The molecule has 0 N–H and O–H groups in total. The van der Waals surface area contributed by atoms with Crippen molar-refractivity contribution < 1.29 is 9.47 Å². The van der Waals surface area contributed by atoms with Crippen LogP contribution in [0.4, 0.5) is 0 Å². The normalized spacial score (nSPS) is 12.1. The molecule has 0 heterocycles. The van der Waals surface area contributed by atoms with Crippen molar-refractivity contribution in [3.63, 3.8) is 0 Å². The molecule has 2 nitrogen and oxygen atoms in total. The number of methoxy groups -OCH3 is 2. The number of alkyl halides is 1. The highest BCUT2D eigenvalue weighted by atomic mass is 79.9. The fraction of sp³-hybridized carbons (Fsp3) is 0.250. The zero-order valence-corrected chi connectivity index (χ0v) is 15.8.